The van der Waals surface area contributed by atoms with Crippen molar-refractivity contribution in [1.82, 2.24) is 9.97 Å². The van der Waals surface area contributed by atoms with Crippen molar-refractivity contribution in [2.24, 2.45) is 5.41 Å². The highest BCUT2D eigenvalue weighted by Gasteiger charge is 2.23. The lowest BCUT2D eigenvalue weighted by Gasteiger charge is -2.26. The highest BCUT2D eigenvalue weighted by Crippen LogP contribution is 2.33. The van der Waals surface area contributed by atoms with Crippen LogP contribution >= 0.6 is 0 Å². The molecule has 1 aliphatic rings. The third-order valence-electron chi connectivity index (χ3n) is 3.60. The summed E-state index contributed by atoms with van der Waals surface area (Å²) >= 11 is 0. The Morgan fingerprint density at radius 2 is 1.79 bits per heavy atom. The Hall–Kier alpha value is -1.96. The van der Waals surface area contributed by atoms with Crippen LogP contribution in [0.1, 0.15) is 30.8 Å². The third-order valence-corrected chi connectivity index (χ3v) is 3.60. The van der Waals surface area contributed by atoms with E-state index in [0.29, 0.717) is 0 Å². The molecule has 96 valence electrons. The number of nitrogens with zero attached hydrogens (tertiary/aromatic N) is 2. The van der Waals surface area contributed by atoms with Crippen molar-refractivity contribution in [2.45, 2.75) is 27.2 Å². The quantitative estimate of drug-likeness (QED) is 0.763. The van der Waals surface area contributed by atoms with Gasteiger partial charge >= 0.3 is 0 Å². The first-order chi connectivity index (χ1) is 9.05. The summed E-state index contributed by atoms with van der Waals surface area (Å²) in [6, 6.07) is 10.2. The van der Waals surface area contributed by atoms with E-state index < -0.39 is 0 Å². The van der Waals surface area contributed by atoms with Gasteiger partial charge < -0.3 is 0 Å². The summed E-state index contributed by atoms with van der Waals surface area (Å²) in [5, 5.41) is 0. The van der Waals surface area contributed by atoms with Gasteiger partial charge in [0.2, 0.25) is 0 Å². The molecular weight excluding hydrogens is 232 g/mol. The van der Waals surface area contributed by atoms with Gasteiger partial charge in [0, 0.05) is 11.3 Å². The van der Waals surface area contributed by atoms with E-state index >= 15 is 0 Å². The molecule has 1 aromatic carbocycles. The minimum atomic E-state index is 0.204. The standard InChI is InChI=1S/C17H18N2/c1-12-14-11-17(2,3)10-9-15(14)19-16(18-12)13-7-5-4-6-8-13/h4-10H,11H2,1-3H3. The van der Waals surface area contributed by atoms with E-state index in [-0.39, 0.29) is 5.41 Å². The van der Waals surface area contributed by atoms with Gasteiger partial charge in [-0.05, 0) is 30.4 Å². The zero-order chi connectivity index (χ0) is 13.5. The number of fused-ring (bicyclic) bond motifs is 1. The number of benzene rings is 1. The topological polar surface area (TPSA) is 25.8 Å². The molecule has 1 heterocycles. The van der Waals surface area contributed by atoms with E-state index in [1.165, 1.54) is 5.56 Å². The SMILES string of the molecule is Cc1nc(-c2ccccc2)nc2c1CC(C)(C)C=C2. The Kier molecular flexibility index (Phi) is 2.74. The molecule has 0 bridgehead atoms. The molecule has 1 aliphatic carbocycles. The molecule has 2 heteroatoms. The maximum atomic E-state index is 4.71. The monoisotopic (exact) mass is 250 g/mol. The van der Waals surface area contributed by atoms with Gasteiger partial charge in [-0.25, -0.2) is 9.97 Å². The van der Waals surface area contributed by atoms with E-state index in [9.17, 15) is 0 Å². The lowest BCUT2D eigenvalue weighted by atomic mass is 9.80. The number of aryl methyl sites for hydroxylation is 1. The Balaban J connectivity index is 2.11. The summed E-state index contributed by atoms with van der Waals surface area (Å²) < 4.78 is 0. The molecule has 0 atom stereocenters. The summed E-state index contributed by atoms with van der Waals surface area (Å²) in [6.45, 7) is 6.58. The summed E-state index contributed by atoms with van der Waals surface area (Å²) in [5.41, 5.74) is 4.74. The molecule has 0 spiro atoms. The second kappa shape index (κ2) is 4.30. The lowest BCUT2D eigenvalue weighted by molar-refractivity contribution is 0.471. The van der Waals surface area contributed by atoms with Crippen molar-refractivity contribution < 1.29 is 0 Å². The Bertz CT molecular complexity index is 640. The highest BCUT2D eigenvalue weighted by molar-refractivity contribution is 5.61. The van der Waals surface area contributed by atoms with Crippen LogP contribution in [0.25, 0.3) is 17.5 Å². The molecule has 0 aliphatic heterocycles. The van der Waals surface area contributed by atoms with Crippen LogP contribution in [0, 0.1) is 12.3 Å². The van der Waals surface area contributed by atoms with Crippen LogP contribution in [-0.4, -0.2) is 9.97 Å². The first-order valence-electron chi connectivity index (χ1n) is 6.67. The van der Waals surface area contributed by atoms with E-state index in [1.807, 2.05) is 18.2 Å². The van der Waals surface area contributed by atoms with E-state index in [2.05, 4.69) is 50.0 Å². The normalized spacial score (nSPS) is 16.2. The second-order valence-electron chi connectivity index (χ2n) is 5.86. The molecule has 19 heavy (non-hydrogen) atoms. The molecule has 2 nitrogen and oxygen atoms in total. The average Bonchev–Trinajstić information content (AvgIpc) is 2.40. The van der Waals surface area contributed by atoms with Gasteiger partial charge in [0.05, 0.1) is 5.69 Å². The van der Waals surface area contributed by atoms with Crippen molar-refractivity contribution in [2.75, 3.05) is 0 Å². The van der Waals surface area contributed by atoms with Crippen LogP contribution in [-0.2, 0) is 6.42 Å². The minimum absolute atomic E-state index is 0.204. The Labute approximate surface area is 114 Å². The smallest absolute Gasteiger partial charge is 0.160 e. The molecule has 0 unspecified atom stereocenters. The first kappa shape index (κ1) is 12.1. The first-order valence-corrected chi connectivity index (χ1v) is 6.67. The fourth-order valence-corrected chi connectivity index (χ4v) is 2.51. The zero-order valence-electron chi connectivity index (χ0n) is 11.6. The number of aromatic nitrogens is 2. The molecule has 0 amide bonds. The van der Waals surface area contributed by atoms with Crippen LogP contribution in [0.4, 0.5) is 0 Å². The van der Waals surface area contributed by atoms with Crippen molar-refractivity contribution in [3.63, 3.8) is 0 Å². The zero-order valence-corrected chi connectivity index (χ0v) is 11.6. The largest absolute Gasteiger partial charge is 0.233 e. The summed E-state index contributed by atoms with van der Waals surface area (Å²) in [5.74, 6) is 0.821. The van der Waals surface area contributed by atoms with Crippen molar-refractivity contribution in [3.8, 4) is 11.4 Å². The van der Waals surface area contributed by atoms with Gasteiger partial charge in [-0.15, -0.1) is 0 Å². The van der Waals surface area contributed by atoms with Gasteiger partial charge in [-0.3, -0.25) is 0 Å². The molecule has 2 aromatic rings. The molecule has 0 N–H and O–H groups in total. The van der Waals surface area contributed by atoms with Crippen LogP contribution in [0.2, 0.25) is 0 Å². The molecule has 0 radical (unpaired) electrons. The van der Waals surface area contributed by atoms with Crippen molar-refractivity contribution >= 4 is 6.08 Å². The Morgan fingerprint density at radius 3 is 2.53 bits per heavy atom. The van der Waals surface area contributed by atoms with Gasteiger partial charge in [-0.1, -0.05) is 50.3 Å². The molecule has 1 aromatic heterocycles. The fourth-order valence-electron chi connectivity index (χ4n) is 2.51. The summed E-state index contributed by atoms with van der Waals surface area (Å²) in [7, 11) is 0. The summed E-state index contributed by atoms with van der Waals surface area (Å²) in [4.78, 5) is 9.39. The fraction of sp³-hybridized carbons (Fsp3) is 0.294. The predicted octanol–water partition coefficient (Wildman–Crippen LogP) is 4.05. The predicted molar refractivity (Wildman–Crippen MR) is 78.7 cm³/mol. The maximum Gasteiger partial charge on any atom is 0.160 e. The van der Waals surface area contributed by atoms with Gasteiger partial charge in [0.15, 0.2) is 5.82 Å². The molecule has 0 fully saturated rings. The number of allylic oxidation sites excluding steroid dienone is 1. The van der Waals surface area contributed by atoms with Gasteiger partial charge in [-0.2, -0.15) is 0 Å². The molecule has 3 rings (SSSR count). The van der Waals surface area contributed by atoms with Crippen LogP contribution < -0.4 is 0 Å². The third kappa shape index (κ3) is 2.30. The summed E-state index contributed by atoms with van der Waals surface area (Å²) in [6.07, 6.45) is 5.40. The average molecular weight is 250 g/mol. The number of hydrogen-bond acceptors (Lipinski definition) is 2. The molecule has 0 saturated heterocycles. The van der Waals surface area contributed by atoms with E-state index in [1.54, 1.807) is 0 Å². The number of hydrogen-bond donors (Lipinski definition) is 0. The van der Waals surface area contributed by atoms with Crippen molar-refractivity contribution in [3.05, 3.63) is 53.4 Å². The number of rotatable bonds is 1. The van der Waals surface area contributed by atoms with Gasteiger partial charge in [0.25, 0.3) is 0 Å². The highest BCUT2D eigenvalue weighted by atomic mass is 14.9. The van der Waals surface area contributed by atoms with Crippen molar-refractivity contribution in [1.29, 1.82) is 0 Å². The van der Waals surface area contributed by atoms with E-state index in [4.69, 9.17) is 4.98 Å². The lowest BCUT2D eigenvalue weighted by Crippen LogP contribution is -2.18. The van der Waals surface area contributed by atoms with Crippen LogP contribution in [0.3, 0.4) is 0 Å². The molecular formula is C17H18N2. The molecule has 0 saturated carbocycles. The van der Waals surface area contributed by atoms with Crippen LogP contribution in [0.5, 0.6) is 0 Å². The second-order valence-corrected chi connectivity index (χ2v) is 5.86. The van der Waals surface area contributed by atoms with Gasteiger partial charge in [0.1, 0.15) is 0 Å². The Morgan fingerprint density at radius 1 is 1.05 bits per heavy atom. The van der Waals surface area contributed by atoms with Crippen LogP contribution in [0.15, 0.2) is 36.4 Å². The van der Waals surface area contributed by atoms with E-state index in [0.717, 1.165) is 29.2 Å². The maximum absolute atomic E-state index is 4.71. The minimum Gasteiger partial charge on any atom is -0.233 e.